The minimum absolute atomic E-state index is 0.0473. The summed E-state index contributed by atoms with van der Waals surface area (Å²) in [6, 6.07) is 21.7. The predicted molar refractivity (Wildman–Crippen MR) is 108 cm³/mol. The number of rotatable bonds is 6. The van der Waals surface area contributed by atoms with Crippen LogP contribution in [0.1, 0.15) is 29.4 Å². The van der Waals surface area contributed by atoms with Crippen LogP contribution < -0.4 is 0 Å². The summed E-state index contributed by atoms with van der Waals surface area (Å²) >= 11 is 0. The molecule has 26 heavy (non-hydrogen) atoms. The Labute approximate surface area is 153 Å². The van der Waals surface area contributed by atoms with Crippen LogP contribution in [0.25, 0.3) is 23.8 Å². The number of hydrogen-bond acceptors (Lipinski definition) is 2. The standard InChI is InChI=1S/C24H20O2/c1-19(16-23(25)14-12-20-8-4-2-5-9-20)22-17-24(26-18-22)15-13-21-10-6-3-7-11-21/h2-18H,1H3/b14-12+,15-13+,19-16+. The van der Waals surface area contributed by atoms with Crippen molar-refractivity contribution in [2.45, 2.75) is 6.92 Å². The summed E-state index contributed by atoms with van der Waals surface area (Å²) in [6.45, 7) is 1.91. The molecule has 0 radical (unpaired) electrons. The Bertz CT molecular complexity index is 942. The maximum absolute atomic E-state index is 12.1. The van der Waals surface area contributed by atoms with E-state index >= 15 is 0 Å². The summed E-state index contributed by atoms with van der Waals surface area (Å²) in [4.78, 5) is 12.1. The van der Waals surface area contributed by atoms with E-state index in [1.165, 1.54) is 0 Å². The molecule has 1 heterocycles. The Morgan fingerprint density at radius 3 is 2.12 bits per heavy atom. The first kappa shape index (κ1) is 17.4. The molecule has 3 rings (SSSR count). The minimum Gasteiger partial charge on any atom is -0.464 e. The number of ketones is 1. The fourth-order valence-corrected chi connectivity index (χ4v) is 2.48. The summed E-state index contributed by atoms with van der Waals surface area (Å²) in [5.74, 6) is 0.706. The molecule has 128 valence electrons. The second kappa shape index (κ2) is 8.63. The third-order valence-corrected chi connectivity index (χ3v) is 3.91. The first-order valence-corrected chi connectivity index (χ1v) is 8.48. The fraction of sp³-hybridized carbons (Fsp3) is 0.0417. The highest BCUT2D eigenvalue weighted by Gasteiger charge is 2.03. The van der Waals surface area contributed by atoms with Gasteiger partial charge in [-0.15, -0.1) is 0 Å². The largest absolute Gasteiger partial charge is 0.464 e. The smallest absolute Gasteiger partial charge is 0.178 e. The van der Waals surface area contributed by atoms with Gasteiger partial charge in [-0.25, -0.2) is 0 Å². The molecular formula is C24H20O2. The van der Waals surface area contributed by atoms with E-state index in [-0.39, 0.29) is 5.78 Å². The third-order valence-electron chi connectivity index (χ3n) is 3.91. The zero-order valence-electron chi connectivity index (χ0n) is 14.6. The van der Waals surface area contributed by atoms with E-state index in [0.717, 1.165) is 28.0 Å². The molecule has 0 amide bonds. The maximum atomic E-state index is 12.1. The van der Waals surface area contributed by atoms with Crippen molar-refractivity contribution in [1.82, 2.24) is 0 Å². The summed E-state index contributed by atoms with van der Waals surface area (Å²) in [6.07, 6.45) is 10.6. The molecular weight excluding hydrogens is 320 g/mol. The number of carbonyl (C=O) groups excluding carboxylic acids is 1. The van der Waals surface area contributed by atoms with E-state index in [4.69, 9.17) is 4.42 Å². The van der Waals surface area contributed by atoms with Crippen molar-refractivity contribution in [3.8, 4) is 0 Å². The molecule has 0 atom stereocenters. The van der Waals surface area contributed by atoms with Gasteiger partial charge >= 0.3 is 0 Å². The lowest BCUT2D eigenvalue weighted by Gasteiger charge is -1.94. The van der Waals surface area contributed by atoms with Crippen molar-refractivity contribution in [3.63, 3.8) is 0 Å². The second-order valence-electron chi connectivity index (χ2n) is 5.96. The zero-order valence-corrected chi connectivity index (χ0v) is 14.6. The summed E-state index contributed by atoms with van der Waals surface area (Å²) < 4.78 is 5.56. The number of furan rings is 1. The number of benzene rings is 2. The number of hydrogen-bond donors (Lipinski definition) is 0. The topological polar surface area (TPSA) is 30.2 Å². The fourth-order valence-electron chi connectivity index (χ4n) is 2.48. The van der Waals surface area contributed by atoms with Gasteiger partial charge in [-0.05, 0) is 47.9 Å². The molecule has 0 saturated heterocycles. The molecule has 0 saturated carbocycles. The lowest BCUT2D eigenvalue weighted by molar-refractivity contribution is -0.110. The van der Waals surface area contributed by atoms with Gasteiger partial charge in [-0.1, -0.05) is 72.8 Å². The van der Waals surface area contributed by atoms with Gasteiger partial charge in [-0.2, -0.15) is 0 Å². The van der Waals surface area contributed by atoms with Crippen molar-refractivity contribution in [2.75, 3.05) is 0 Å². The van der Waals surface area contributed by atoms with Crippen LogP contribution in [0.4, 0.5) is 0 Å². The minimum atomic E-state index is -0.0473. The molecule has 1 aromatic heterocycles. The van der Waals surface area contributed by atoms with E-state index in [2.05, 4.69) is 0 Å². The van der Waals surface area contributed by atoms with E-state index in [1.807, 2.05) is 91.9 Å². The van der Waals surface area contributed by atoms with Crippen molar-refractivity contribution < 1.29 is 9.21 Å². The zero-order chi connectivity index (χ0) is 18.2. The van der Waals surface area contributed by atoms with Gasteiger partial charge in [0.2, 0.25) is 0 Å². The molecule has 0 unspecified atom stereocenters. The van der Waals surface area contributed by atoms with Crippen LogP contribution in [0.5, 0.6) is 0 Å². The lowest BCUT2D eigenvalue weighted by atomic mass is 10.1. The van der Waals surface area contributed by atoms with Gasteiger partial charge in [0.1, 0.15) is 5.76 Å². The van der Waals surface area contributed by atoms with E-state index in [1.54, 1.807) is 18.4 Å². The molecule has 0 aliphatic heterocycles. The highest BCUT2D eigenvalue weighted by atomic mass is 16.3. The average molecular weight is 340 g/mol. The van der Waals surface area contributed by atoms with Crippen molar-refractivity contribution in [1.29, 1.82) is 0 Å². The first-order valence-electron chi connectivity index (χ1n) is 8.48. The molecule has 0 spiro atoms. The first-order chi connectivity index (χ1) is 12.7. The van der Waals surface area contributed by atoms with Crippen LogP contribution in [0.2, 0.25) is 0 Å². The highest BCUT2D eigenvalue weighted by Crippen LogP contribution is 2.19. The lowest BCUT2D eigenvalue weighted by Crippen LogP contribution is -1.87. The molecule has 0 aliphatic rings. The van der Waals surface area contributed by atoms with E-state index < -0.39 is 0 Å². The normalized spacial score (nSPS) is 12.1. The van der Waals surface area contributed by atoms with Crippen molar-refractivity contribution in [3.05, 3.63) is 108 Å². The Balaban J connectivity index is 1.66. The number of allylic oxidation sites excluding steroid dienone is 3. The van der Waals surface area contributed by atoms with Crippen LogP contribution in [0, 0.1) is 0 Å². The van der Waals surface area contributed by atoms with Gasteiger partial charge in [0.25, 0.3) is 0 Å². The van der Waals surface area contributed by atoms with Gasteiger partial charge in [-0.3, -0.25) is 4.79 Å². The summed E-state index contributed by atoms with van der Waals surface area (Å²) in [5.41, 5.74) is 3.89. The second-order valence-corrected chi connectivity index (χ2v) is 5.96. The van der Waals surface area contributed by atoms with Crippen molar-refractivity contribution in [2.24, 2.45) is 0 Å². The van der Waals surface area contributed by atoms with Gasteiger partial charge in [0, 0.05) is 5.56 Å². The van der Waals surface area contributed by atoms with E-state index in [0.29, 0.717) is 0 Å². The van der Waals surface area contributed by atoms with Gasteiger partial charge in [0.15, 0.2) is 5.78 Å². The molecule has 0 N–H and O–H groups in total. The summed E-state index contributed by atoms with van der Waals surface area (Å²) in [5, 5.41) is 0. The molecule has 0 bridgehead atoms. The van der Waals surface area contributed by atoms with Crippen LogP contribution in [0.15, 0.2) is 89.6 Å². The highest BCUT2D eigenvalue weighted by molar-refractivity contribution is 6.06. The SMILES string of the molecule is C/C(=C\C(=O)/C=C/c1ccccc1)c1coc(/C=C/c2ccccc2)c1. The molecule has 0 aliphatic carbocycles. The Hall–Kier alpha value is -3.39. The van der Waals surface area contributed by atoms with Crippen LogP contribution in [0.3, 0.4) is 0 Å². The number of carbonyl (C=O) groups is 1. The maximum Gasteiger partial charge on any atom is 0.178 e. The monoisotopic (exact) mass is 340 g/mol. The molecule has 3 aromatic rings. The summed E-state index contributed by atoms with van der Waals surface area (Å²) in [7, 11) is 0. The molecule has 2 aromatic carbocycles. The van der Waals surface area contributed by atoms with Crippen molar-refractivity contribution >= 4 is 29.6 Å². The third kappa shape index (κ3) is 5.05. The molecule has 2 heteroatoms. The molecule has 0 fully saturated rings. The van der Waals surface area contributed by atoms with Crippen LogP contribution in [-0.4, -0.2) is 5.78 Å². The van der Waals surface area contributed by atoms with Gasteiger partial charge in [0.05, 0.1) is 6.26 Å². The Kier molecular flexibility index (Phi) is 5.79. The Morgan fingerprint density at radius 2 is 1.46 bits per heavy atom. The molecule has 2 nitrogen and oxygen atoms in total. The predicted octanol–water partition coefficient (Wildman–Crippen LogP) is 6.14. The van der Waals surface area contributed by atoms with Crippen LogP contribution in [-0.2, 0) is 4.79 Å². The Morgan fingerprint density at radius 1 is 0.846 bits per heavy atom. The van der Waals surface area contributed by atoms with E-state index in [9.17, 15) is 4.79 Å². The van der Waals surface area contributed by atoms with Crippen LogP contribution >= 0.6 is 0 Å². The average Bonchev–Trinajstić information content (AvgIpc) is 3.16. The van der Waals surface area contributed by atoms with Gasteiger partial charge < -0.3 is 4.42 Å². The quantitative estimate of drug-likeness (QED) is 0.505.